The minimum Gasteiger partial charge on any atom is -0.478 e. The summed E-state index contributed by atoms with van der Waals surface area (Å²) in [5, 5.41) is 8.51. The van der Waals surface area contributed by atoms with Gasteiger partial charge in [0.1, 0.15) is 5.82 Å². The molecule has 1 rings (SSSR count). The maximum atomic E-state index is 13.8. The van der Waals surface area contributed by atoms with E-state index in [1.165, 1.54) is 12.1 Å². The second kappa shape index (κ2) is 5.45. The number of amides is 1. The zero-order valence-electron chi connectivity index (χ0n) is 8.61. The topological polar surface area (TPSA) is 80.4 Å². The first kappa shape index (κ1) is 13.2. The van der Waals surface area contributed by atoms with Crippen LogP contribution >= 0.6 is 11.6 Å². The molecule has 1 aromatic rings. The van der Waals surface area contributed by atoms with Crippen LogP contribution in [-0.2, 0) is 16.0 Å². The Labute approximate surface area is 101 Å². The number of carbonyl (C=O) groups is 2. The second-order valence-electron chi connectivity index (χ2n) is 3.25. The average Bonchev–Trinajstić information content (AvgIpc) is 2.21. The summed E-state index contributed by atoms with van der Waals surface area (Å²) in [6, 6.07) is 2.71. The molecule has 0 aliphatic carbocycles. The molecule has 0 saturated carbocycles. The molecule has 1 aromatic carbocycles. The van der Waals surface area contributed by atoms with Gasteiger partial charge in [0, 0.05) is 11.6 Å². The fourth-order valence-electron chi connectivity index (χ4n) is 1.25. The van der Waals surface area contributed by atoms with E-state index in [0.717, 1.165) is 12.2 Å². The number of benzene rings is 1. The summed E-state index contributed by atoms with van der Waals surface area (Å²) >= 11 is 5.72. The van der Waals surface area contributed by atoms with E-state index in [4.69, 9.17) is 22.4 Å². The van der Waals surface area contributed by atoms with Crippen LogP contribution in [0.1, 0.15) is 11.1 Å². The van der Waals surface area contributed by atoms with Gasteiger partial charge in [-0.2, -0.15) is 0 Å². The van der Waals surface area contributed by atoms with Gasteiger partial charge in [-0.1, -0.05) is 17.7 Å². The van der Waals surface area contributed by atoms with E-state index in [9.17, 15) is 14.0 Å². The maximum Gasteiger partial charge on any atom is 0.328 e. The first-order valence-electron chi connectivity index (χ1n) is 4.58. The van der Waals surface area contributed by atoms with Gasteiger partial charge in [-0.15, -0.1) is 0 Å². The largest absolute Gasteiger partial charge is 0.478 e. The van der Waals surface area contributed by atoms with E-state index < -0.39 is 17.7 Å². The summed E-state index contributed by atoms with van der Waals surface area (Å²) in [6.45, 7) is 0. The molecule has 17 heavy (non-hydrogen) atoms. The van der Waals surface area contributed by atoms with Crippen LogP contribution in [0.3, 0.4) is 0 Å². The van der Waals surface area contributed by atoms with Gasteiger partial charge < -0.3 is 10.8 Å². The first-order chi connectivity index (χ1) is 7.91. The van der Waals surface area contributed by atoms with Gasteiger partial charge >= 0.3 is 5.97 Å². The zero-order valence-corrected chi connectivity index (χ0v) is 9.37. The lowest BCUT2D eigenvalue weighted by atomic mass is 10.1. The maximum absolute atomic E-state index is 13.8. The molecular weight excluding hydrogens is 249 g/mol. The lowest BCUT2D eigenvalue weighted by molar-refractivity contribution is -0.131. The highest BCUT2D eigenvalue weighted by molar-refractivity contribution is 6.32. The van der Waals surface area contributed by atoms with E-state index in [2.05, 4.69) is 0 Å². The quantitative estimate of drug-likeness (QED) is 0.804. The highest BCUT2D eigenvalue weighted by atomic mass is 35.5. The molecule has 0 bridgehead atoms. The molecule has 0 aromatic heterocycles. The smallest absolute Gasteiger partial charge is 0.328 e. The van der Waals surface area contributed by atoms with E-state index in [0.29, 0.717) is 0 Å². The summed E-state index contributed by atoms with van der Waals surface area (Å²) in [7, 11) is 0. The van der Waals surface area contributed by atoms with E-state index in [-0.39, 0.29) is 22.6 Å². The number of hydrogen-bond donors (Lipinski definition) is 2. The van der Waals surface area contributed by atoms with Crippen LogP contribution in [0.4, 0.5) is 4.39 Å². The molecule has 0 spiro atoms. The second-order valence-corrected chi connectivity index (χ2v) is 3.66. The lowest BCUT2D eigenvalue weighted by Crippen LogP contribution is -2.15. The third kappa shape index (κ3) is 3.57. The summed E-state index contributed by atoms with van der Waals surface area (Å²) < 4.78 is 13.8. The predicted octanol–water partition coefficient (Wildman–Crippen LogP) is 1.60. The van der Waals surface area contributed by atoms with Gasteiger partial charge in [0.25, 0.3) is 0 Å². The minimum atomic E-state index is -1.22. The van der Waals surface area contributed by atoms with Crippen molar-refractivity contribution in [1.82, 2.24) is 0 Å². The summed E-state index contributed by atoms with van der Waals surface area (Å²) in [4.78, 5) is 21.0. The van der Waals surface area contributed by atoms with Crippen LogP contribution in [0.15, 0.2) is 18.2 Å². The Morgan fingerprint density at radius 1 is 1.47 bits per heavy atom. The van der Waals surface area contributed by atoms with Crippen LogP contribution in [0.25, 0.3) is 6.08 Å². The van der Waals surface area contributed by atoms with Crippen molar-refractivity contribution < 1.29 is 19.1 Å². The van der Waals surface area contributed by atoms with Crippen molar-refractivity contribution in [3.8, 4) is 0 Å². The molecule has 0 atom stereocenters. The Morgan fingerprint density at radius 3 is 2.65 bits per heavy atom. The molecule has 4 nitrogen and oxygen atoms in total. The van der Waals surface area contributed by atoms with Gasteiger partial charge in [0.15, 0.2) is 0 Å². The molecule has 0 heterocycles. The van der Waals surface area contributed by atoms with E-state index in [1.807, 2.05) is 0 Å². The number of hydrogen-bond acceptors (Lipinski definition) is 2. The van der Waals surface area contributed by atoms with Crippen LogP contribution in [0.2, 0.25) is 5.02 Å². The normalized spacial score (nSPS) is 10.7. The molecule has 0 radical (unpaired) electrons. The van der Waals surface area contributed by atoms with Crippen molar-refractivity contribution in [2.75, 3.05) is 0 Å². The van der Waals surface area contributed by atoms with Crippen LogP contribution < -0.4 is 5.73 Å². The molecule has 90 valence electrons. The number of carboxylic acids is 1. The van der Waals surface area contributed by atoms with Crippen molar-refractivity contribution in [3.63, 3.8) is 0 Å². The van der Waals surface area contributed by atoms with Gasteiger partial charge in [-0.25, -0.2) is 9.18 Å². The number of primary amides is 1. The van der Waals surface area contributed by atoms with Crippen molar-refractivity contribution in [2.24, 2.45) is 5.73 Å². The SMILES string of the molecule is NC(=O)Cc1ccc(Cl)c(/C=C/C(=O)O)c1F. The Hall–Kier alpha value is -1.88. The Kier molecular flexibility index (Phi) is 4.23. The molecule has 0 saturated heterocycles. The highest BCUT2D eigenvalue weighted by Crippen LogP contribution is 2.24. The minimum absolute atomic E-state index is 0.0632. The van der Waals surface area contributed by atoms with Crippen LogP contribution in [0.5, 0.6) is 0 Å². The fourth-order valence-corrected chi connectivity index (χ4v) is 1.46. The summed E-state index contributed by atoms with van der Waals surface area (Å²) in [5.74, 6) is -2.64. The molecule has 0 unspecified atom stereocenters. The van der Waals surface area contributed by atoms with Gasteiger partial charge in [0.05, 0.1) is 11.4 Å². The van der Waals surface area contributed by atoms with Gasteiger partial charge in [-0.3, -0.25) is 4.79 Å². The Balaban J connectivity index is 3.19. The molecular formula is C11H9ClFNO3. The Morgan fingerprint density at radius 2 is 2.12 bits per heavy atom. The predicted molar refractivity (Wildman–Crippen MR) is 61.0 cm³/mol. The molecule has 3 N–H and O–H groups in total. The number of rotatable bonds is 4. The summed E-state index contributed by atoms with van der Waals surface area (Å²) in [6.07, 6.45) is 1.53. The van der Waals surface area contributed by atoms with Crippen molar-refractivity contribution >= 4 is 29.6 Å². The van der Waals surface area contributed by atoms with Gasteiger partial charge in [-0.05, 0) is 17.7 Å². The van der Waals surface area contributed by atoms with Gasteiger partial charge in [0.2, 0.25) is 5.91 Å². The van der Waals surface area contributed by atoms with E-state index in [1.54, 1.807) is 0 Å². The van der Waals surface area contributed by atoms with Crippen LogP contribution in [-0.4, -0.2) is 17.0 Å². The number of nitrogens with two attached hydrogens (primary N) is 1. The Bertz CT molecular complexity index is 500. The van der Waals surface area contributed by atoms with Crippen molar-refractivity contribution in [1.29, 1.82) is 0 Å². The number of carboxylic acid groups (broad SMARTS) is 1. The van der Waals surface area contributed by atoms with Crippen molar-refractivity contribution in [2.45, 2.75) is 6.42 Å². The lowest BCUT2D eigenvalue weighted by Gasteiger charge is -2.05. The van der Waals surface area contributed by atoms with Crippen LogP contribution in [0, 0.1) is 5.82 Å². The zero-order chi connectivity index (χ0) is 13.0. The van der Waals surface area contributed by atoms with E-state index >= 15 is 0 Å². The molecule has 0 aliphatic rings. The average molecular weight is 258 g/mol. The summed E-state index contributed by atoms with van der Waals surface area (Å²) in [5.41, 5.74) is 4.95. The molecule has 0 fully saturated rings. The third-order valence-electron chi connectivity index (χ3n) is 1.96. The standard InChI is InChI=1S/C11H9ClFNO3/c12-8-3-1-6(5-9(14)15)11(13)7(8)2-4-10(16)17/h1-4H,5H2,(H2,14,15)(H,16,17)/b4-2+. The molecule has 0 aliphatic heterocycles. The highest BCUT2D eigenvalue weighted by Gasteiger charge is 2.12. The third-order valence-corrected chi connectivity index (χ3v) is 2.29. The van der Waals surface area contributed by atoms with Crippen molar-refractivity contribution in [3.05, 3.63) is 40.2 Å². The first-order valence-corrected chi connectivity index (χ1v) is 4.95. The number of halogens is 2. The monoisotopic (exact) mass is 257 g/mol. The molecule has 6 heteroatoms. The number of carbonyl (C=O) groups excluding carboxylic acids is 1. The number of aliphatic carboxylic acids is 1. The molecule has 1 amide bonds. The fraction of sp³-hybridized carbons (Fsp3) is 0.0909.